The molecule has 27 heavy (non-hydrogen) atoms. The standard InChI is InChI=1S/C22H20N2O2S/c1-2-25-16-11-9-15(10-12-16)22-24-19(17-6-3-4-7-20(17)26-22)14-18(23-24)21-8-5-13-27-21/h3-13,19,22H,2,14H2,1H3/t19-,22-/m1/s1. The molecule has 5 heteroatoms. The zero-order chi connectivity index (χ0) is 18.2. The van der Waals surface area contributed by atoms with Crippen molar-refractivity contribution >= 4 is 17.0 Å². The Bertz CT molecular complexity index is 966. The van der Waals surface area contributed by atoms with Crippen molar-refractivity contribution in [3.05, 3.63) is 82.0 Å². The Hall–Kier alpha value is -2.79. The molecule has 1 aromatic heterocycles. The molecule has 0 unspecified atom stereocenters. The molecule has 0 saturated heterocycles. The van der Waals surface area contributed by atoms with Crippen LogP contribution >= 0.6 is 11.3 Å². The fourth-order valence-corrected chi connectivity index (χ4v) is 4.46. The largest absolute Gasteiger partial charge is 0.494 e. The first kappa shape index (κ1) is 16.4. The number of ether oxygens (including phenoxy) is 2. The van der Waals surface area contributed by atoms with Gasteiger partial charge in [-0.1, -0.05) is 24.3 Å². The molecule has 0 fully saturated rings. The van der Waals surface area contributed by atoms with E-state index in [0.29, 0.717) is 6.61 Å². The Balaban J connectivity index is 1.54. The van der Waals surface area contributed by atoms with Gasteiger partial charge in [0.15, 0.2) is 0 Å². The van der Waals surface area contributed by atoms with E-state index >= 15 is 0 Å². The van der Waals surface area contributed by atoms with Crippen LogP contribution in [-0.2, 0) is 0 Å². The molecule has 0 bridgehead atoms. The quantitative estimate of drug-likeness (QED) is 0.612. The Morgan fingerprint density at radius 2 is 1.96 bits per heavy atom. The number of hydrogen-bond donors (Lipinski definition) is 0. The highest BCUT2D eigenvalue weighted by Gasteiger charge is 2.40. The molecule has 5 rings (SSSR count). The minimum absolute atomic E-state index is 0.198. The summed E-state index contributed by atoms with van der Waals surface area (Å²) in [5, 5.41) is 9.19. The summed E-state index contributed by atoms with van der Waals surface area (Å²) in [6.45, 7) is 2.65. The molecule has 2 aliphatic heterocycles. The van der Waals surface area contributed by atoms with Crippen molar-refractivity contribution in [2.45, 2.75) is 25.6 Å². The van der Waals surface area contributed by atoms with Crippen LogP contribution in [0.15, 0.2) is 71.1 Å². The highest BCUT2D eigenvalue weighted by molar-refractivity contribution is 7.12. The average Bonchev–Trinajstić information content (AvgIpc) is 3.38. The Labute approximate surface area is 162 Å². The van der Waals surface area contributed by atoms with Gasteiger partial charge in [0.2, 0.25) is 6.23 Å². The number of benzene rings is 2. The summed E-state index contributed by atoms with van der Waals surface area (Å²) in [5.41, 5.74) is 3.41. The molecule has 4 nitrogen and oxygen atoms in total. The molecule has 0 N–H and O–H groups in total. The molecule has 0 radical (unpaired) electrons. The van der Waals surface area contributed by atoms with E-state index in [1.165, 1.54) is 10.4 Å². The van der Waals surface area contributed by atoms with E-state index in [0.717, 1.165) is 29.2 Å². The van der Waals surface area contributed by atoms with Crippen molar-refractivity contribution in [3.63, 3.8) is 0 Å². The van der Waals surface area contributed by atoms with E-state index in [1.54, 1.807) is 11.3 Å². The smallest absolute Gasteiger partial charge is 0.213 e. The van der Waals surface area contributed by atoms with Crippen LogP contribution in [-0.4, -0.2) is 17.3 Å². The van der Waals surface area contributed by atoms with Crippen molar-refractivity contribution in [3.8, 4) is 11.5 Å². The highest BCUT2D eigenvalue weighted by atomic mass is 32.1. The van der Waals surface area contributed by atoms with E-state index < -0.39 is 0 Å². The molecule has 0 amide bonds. The van der Waals surface area contributed by atoms with Gasteiger partial charge < -0.3 is 9.47 Å². The second-order valence-electron chi connectivity index (χ2n) is 6.63. The van der Waals surface area contributed by atoms with Gasteiger partial charge >= 0.3 is 0 Å². The van der Waals surface area contributed by atoms with Gasteiger partial charge in [-0.2, -0.15) is 5.10 Å². The fraction of sp³-hybridized carbons (Fsp3) is 0.227. The second kappa shape index (κ2) is 6.74. The minimum atomic E-state index is -0.238. The molecule has 0 saturated carbocycles. The Morgan fingerprint density at radius 1 is 1.11 bits per heavy atom. The van der Waals surface area contributed by atoms with Gasteiger partial charge in [-0.15, -0.1) is 11.3 Å². The normalized spacial score (nSPS) is 20.5. The lowest BCUT2D eigenvalue weighted by molar-refractivity contribution is -0.0190. The lowest BCUT2D eigenvalue weighted by Crippen LogP contribution is -2.33. The predicted molar refractivity (Wildman–Crippen MR) is 107 cm³/mol. The van der Waals surface area contributed by atoms with Gasteiger partial charge in [0.25, 0.3) is 0 Å². The Morgan fingerprint density at radius 3 is 2.74 bits per heavy atom. The van der Waals surface area contributed by atoms with Crippen molar-refractivity contribution in [2.24, 2.45) is 5.10 Å². The van der Waals surface area contributed by atoms with Gasteiger partial charge in [0.05, 0.1) is 23.2 Å². The number of fused-ring (bicyclic) bond motifs is 3. The topological polar surface area (TPSA) is 34.1 Å². The number of para-hydroxylation sites is 1. The third kappa shape index (κ3) is 2.88. The lowest BCUT2D eigenvalue weighted by Gasteiger charge is -2.38. The van der Waals surface area contributed by atoms with Crippen LogP contribution in [0.5, 0.6) is 11.5 Å². The number of hydrazone groups is 1. The maximum Gasteiger partial charge on any atom is 0.213 e. The molecule has 0 spiro atoms. The van der Waals surface area contributed by atoms with E-state index in [2.05, 4.69) is 52.9 Å². The summed E-state index contributed by atoms with van der Waals surface area (Å²) < 4.78 is 12.0. The number of thiophene rings is 1. The number of hydrogen-bond acceptors (Lipinski definition) is 5. The van der Waals surface area contributed by atoms with E-state index in [4.69, 9.17) is 14.6 Å². The van der Waals surface area contributed by atoms with Gasteiger partial charge in [0.1, 0.15) is 11.5 Å². The maximum atomic E-state index is 6.38. The maximum absolute atomic E-state index is 6.38. The Kier molecular flexibility index (Phi) is 4.09. The van der Waals surface area contributed by atoms with E-state index in [1.807, 2.05) is 25.1 Å². The SMILES string of the molecule is CCOc1ccc([C@H]2Oc3ccccc3[C@H]3CC(c4cccs4)=NN32)cc1. The summed E-state index contributed by atoms with van der Waals surface area (Å²) in [5.74, 6) is 1.82. The third-order valence-corrected chi connectivity index (χ3v) is 5.90. The summed E-state index contributed by atoms with van der Waals surface area (Å²) in [4.78, 5) is 1.23. The average molecular weight is 376 g/mol. The van der Waals surface area contributed by atoms with Crippen LogP contribution in [0.1, 0.15) is 41.6 Å². The molecule has 3 heterocycles. The minimum Gasteiger partial charge on any atom is -0.494 e. The van der Waals surface area contributed by atoms with Crippen LogP contribution in [0.25, 0.3) is 0 Å². The monoisotopic (exact) mass is 376 g/mol. The van der Waals surface area contributed by atoms with Gasteiger partial charge in [-0.3, -0.25) is 0 Å². The van der Waals surface area contributed by atoms with Crippen molar-refractivity contribution in [1.82, 2.24) is 5.01 Å². The zero-order valence-electron chi connectivity index (χ0n) is 15.0. The first-order valence-electron chi connectivity index (χ1n) is 9.21. The molecule has 136 valence electrons. The highest BCUT2D eigenvalue weighted by Crippen LogP contribution is 2.47. The van der Waals surface area contributed by atoms with Crippen LogP contribution in [0.3, 0.4) is 0 Å². The molecule has 3 aromatic rings. The van der Waals surface area contributed by atoms with Crippen molar-refractivity contribution in [2.75, 3.05) is 6.61 Å². The van der Waals surface area contributed by atoms with E-state index in [9.17, 15) is 0 Å². The fourth-order valence-electron chi connectivity index (χ4n) is 3.74. The third-order valence-electron chi connectivity index (χ3n) is 4.98. The van der Waals surface area contributed by atoms with Crippen LogP contribution in [0.2, 0.25) is 0 Å². The molecular formula is C22H20N2O2S. The van der Waals surface area contributed by atoms with E-state index in [-0.39, 0.29) is 12.3 Å². The summed E-state index contributed by atoms with van der Waals surface area (Å²) in [6.07, 6.45) is 0.659. The molecule has 2 aromatic carbocycles. The molecular weight excluding hydrogens is 356 g/mol. The zero-order valence-corrected chi connectivity index (χ0v) is 15.9. The number of rotatable bonds is 4. The van der Waals surface area contributed by atoms with Crippen LogP contribution < -0.4 is 9.47 Å². The number of nitrogens with zero attached hydrogens (tertiary/aromatic N) is 2. The lowest BCUT2D eigenvalue weighted by atomic mass is 9.98. The van der Waals surface area contributed by atoms with Gasteiger partial charge in [0, 0.05) is 17.5 Å². The second-order valence-corrected chi connectivity index (χ2v) is 7.58. The molecule has 0 aliphatic carbocycles. The first-order valence-corrected chi connectivity index (χ1v) is 10.1. The molecule has 2 aliphatic rings. The van der Waals surface area contributed by atoms with Crippen LogP contribution in [0, 0.1) is 0 Å². The summed E-state index contributed by atoms with van der Waals surface area (Å²) in [6, 6.07) is 20.8. The summed E-state index contributed by atoms with van der Waals surface area (Å²) >= 11 is 1.74. The van der Waals surface area contributed by atoms with Gasteiger partial charge in [-0.05, 0) is 48.7 Å². The first-order chi connectivity index (χ1) is 13.3. The van der Waals surface area contributed by atoms with Crippen molar-refractivity contribution in [1.29, 1.82) is 0 Å². The predicted octanol–water partition coefficient (Wildman–Crippen LogP) is 5.39. The molecule has 2 atom stereocenters. The van der Waals surface area contributed by atoms with Crippen molar-refractivity contribution < 1.29 is 9.47 Å². The van der Waals surface area contributed by atoms with Crippen LogP contribution in [0.4, 0.5) is 0 Å². The van der Waals surface area contributed by atoms with Gasteiger partial charge in [-0.25, -0.2) is 5.01 Å². The summed E-state index contributed by atoms with van der Waals surface area (Å²) in [7, 11) is 0.